The summed E-state index contributed by atoms with van der Waals surface area (Å²) in [5.74, 6) is 0. The summed E-state index contributed by atoms with van der Waals surface area (Å²) in [7, 11) is 0. The Hall–Kier alpha value is -0.0300. The Morgan fingerprint density at radius 3 is 1.92 bits per heavy atom. The highest BCUT2D eigenvalue weighted by Crippen LogP contribution is 2.39. The van der Waals surface area contributed by atoms with Crippen molar-refractivity contribution in [2.45, 2.75) is 13.1 Å². The van der Waals surface area contributed by atoms with E-state index in [1.165, 1.54) is 13.0 Å². The minimum Gasteiger partial charge on any atom is -0.166 e. The van der Waals surface area contributed by atoms with Gasteiger partial charge in [0.1, 0.15) is 0 Å². The van der Waals surface area contributed by atoms with Crippen molar-refractivity contribution in [3.63, 3.8) is 0 Å². The molecule has 0 N–H and O–H groups in total. The Labute approximate surface area is 90.4 Å². The van der Waals surface area contributed by atoms with Gasteiger partial charge in [0, 0.05) is 8.95 Å². The zero-order valence-electron chi connectivity index (χ0n) is 6.54. The van der Waals surface area contributed by atoms with Gasteiger partial charge in [0.2, 0.25) is 0 Å². The van der Waals surface area contributed by atoms with E-state index in [1.807, 2.05) is 0 Å². The van der Waals surface area contributed by atoms with Gasteiger partial charge in [-0.25, -0.2) is 0 Å². The third-order valence-electron chi connectivity index (χ3n) is 1.63. The van der Waals surface area contributed by atoms with Crippen LogP contribution in [-0.4, -0.2) is 0 Å². The van der Waals surface area contributed by atoms with Gasteiger partial charge < -0.3 is 0 Å². The normalized spacial score (nSPS) is 11.8. The average Bonchev–Trinajstić information content (AvgIpc) is 1.95. The molecule has 0 heterocycles. The molecule has 72 valence electrons. The van der Waals surface area contributed by atoms with Gasteiger partial charge in [-0.3, -0.25) is 0 Å². The Morgan fingerprint density at radius 1 is 1.08 bits per heavy atom. The highest BCUT2D eigenvalue weighted by atomic mass is 79.9. The van der Waals surface area contributed by atoms with Crippen LogP contribution in [0.15, 0.2) is 21.1 Å². The summed E-state index contributed by atoms with van der Waals surface area (Å²) in [6, 6.07) is 2.95. The van der Waals surface area contributed by atoms with E-state index < -0.39 is 11.7 Å². The lowest BCUT2D eigenvalue weighted by atomic mass is 10.1. The maximum atomic E-state index is 12.4. The average molecular weight is 318 g/mol. The third kappa shape index (κ3) is 2.26. The van der Waals surface area contributed by atoms with Crippen LogP contribution < -0.4 is 0 Å². The molecule has 0 fully saturated rings. The second-order valence-corrected chi connectivity index (χ2v) is 4.24. The van der Waals surface area contributed by atoms with Crippen LogP contribution in [0.4, 0.5) is 13.2 Å². The molecule has 5 heteroatoms. The molecule has 13 heavy (non-hydrogen) atoms. The maximum absolute atomic E-state index is 12.4. The van der Waals surface area contributed by atoms with Gasteiger partial charge in [0.15, 0.2) is 0 Å². The summed E-state index contributed by atoms with van der Waals surface area (Å²) in [5, 5.41) is 0. The van der Waals surface area contributed by atoms with Crippen LogP contribution in [0, 0.1) is 6.92 Å². The number of halogens is 5. The summed E-state index contributed by atoms with van der Waals surface area (Å²) in [5.41, 5.74) is -0.427. The minimum atomic E-state index is -4.31. The minimum absolute atomic E-state index is 0.0701. The predicted octanol–water partition coefficient (Wildman–Crippen LogP) is 4.54. The molecule has 1 rings (SSSR count). The standard InChI is InChI=1S/C8H5Br2F3/c1-4-5(9)2-3-6(10)7(4)8(11,12)13/h2-3H,1H3. The first-order valence-corrected chi connectivity index (χ1v) is 4.94. The van der Waals surface area contributed by atoms with Crippen LogP contribution in [-0.2, 0) is 6.18 Å². The van der Waals surface area contributed by atoms with Crippen LogP contribution in [0.5, 0.6) is 0 Å². The van der Waals surface area contributed by atoms with Crippen LogP contribution in [0.3, 0.4) is 0 Å². The SMILES string of the molecule is Cc1c(Br)ccc(Br)c1C(F)(F)F. The second kappa shape index (κ2) is 3.61. The van der Waals surface area contributed by atoms with Gasteiger partial charge in [-0.2, -0.15) is 13.2 Å². The lowest BCUT2D eigenvalue weighted by Crippen LogP contribution is -2.08. The first-order valence-electron chi connectivity index (χ1n) is 3.36. The molecule has 0 amide bonds. The van der Waals surface area contributed by atoms with E-state index in [9.17, 15) is 13.2 Å². The molecule has 0 saturated heterocycles. The quantitative estimate of drug-likeness (QED) is 0.659. The van der Waals surface area contributed by atoms with E-state index in [0.717, 1.165) is 0 Å². The summed E-state index contributed by atoms with van der Waals surface area (Å²) in [4.78, 5) is 0. The van der Waals surface area contributed by atoms with Crippen molar-refractivity contribution in [3.8, 4) is 0 Å². The molecule has 0 spiro atoms. The van der Waals surface area contributed by atoms with Crippen molar-refractivity contribution >= 4 is 31.9 Å². The molecule has 1 aromatic rings. The molecule has 0 aliphatic heterocycles. The van der Waals surface area contributed by atoms with Gasteiger partial charge in [-0.05, 0) is 24.6 Å². The topological polar surface area (TPSA) is 0 Å². The molecule has 0 atom stereocenters. The number of rotatable bonds is 0. The Kier molecular flexibility index (Phi) is 3.07. The molecule has 0 aliphatic carbocycles. The van der Waals surface area contributed by atoms with Gasteiger partial charge in [-0.15, -0.1) is 0 Å². The fourth-order valence-corrected chi connectivity index (χ4v) is 1.99. The van der Waals surface area contributed by atoms with E-state index in [4.69, 9.17) is 0 Å². The molecule has 0 bridgehead atoms. The largest absolute Gasteiger partial charge is 0.417 e. The Balaban J connectivity index is 3.43. The smallest absolute Gasteiger partial charge is 0.166 e. The predicted molar refractivity (Wildman–Crippen MR) is 51.6 cm³/mol. The van der Waals surface area contributed by atoms with E-state index in [0.29, 0.717) is 4.47 Å². The van der Waals surface area contributed by atoms with E-state index in [1.54, 1.807) is 6.07 Å². The van der Waals surface area contributed by atoms with Crippen molar-refractivity contribution in [2.24, 2.45) is 0 Å². The monoisotopic (exact) mass is 316 g/mol. The summed E-state index contributed by atoms with van der Waals surface area (Å²) in [6.45, 7) is 1.43. The lowest BCUT2D eigenvalue weighted by Gasteiger charge is -2.13. The molecule has 0 radical (unpaired) electrons. The highest BCUT2D eigenvalue weighted by molar-refractivity contribution is 9.11. The van der Waals surface area contributed by atoms with Crippen LogP contribution in [0.2, 0.25) is 0 Å². The Bertz CT molecular complexity index is 331. The van der Waals surface area contributed by atoms with Crippen LogP contribution >= 0.6 is 31.9 Å². The molecule has 0 nitrogen and oxygen atoms in total. The molecule has 0 aliphatic rings. The van der Waals surface area contributed by atoms with Gasteiger partial charge in [0.05, 0.1) is 5.56 Å². The molecule has 0 unspecified atom stereocenters. The fourth-order valence-electron chi connectivity index (χ4n) is 1.00. The second-order valence-electron chi connectivity index (χ2n) is 2.53. The van der Waals surface area contributed by atoms with Crippen LogP contribution in [0.1, 0.15) is 11.1 Å². The van der Waals surface area contributed by atoms with Crippen molar-refractivity contribution in [2.75, 3.05) is 0 Å². The number of hydrogen-bond acceptors (Lipinski definition) is 0. The first kappa shape index (κ1) is 11.0. The van der Waals surface area contributed by atoms with E-state index in [2.05, 4.69) is 31.9 Å². The highest BCUT2D eigenvalue weighted by Gasteiger charge is 2.35. The van der Waals surface area contributed by atoms with Crippen molar-refractivity contribution in [1.82, 2.24) is 0 Å². The maximum Gasteiger partial charge on any atom is 0.417 e. The first-order chi connectivity index (χ1) is 5.84. The van der Waals surface area contributed by atoms with Gasteiger partial charge >= 0.3 is 6.18 Å². The molecule has 0 aromatic heterocycles. The van der Waals surface area contributed by atoms with E-state index in [-0.39, 0.29) is 10.0 Å². The van der Waals surface area contributed by atoms with Crippen molar-refractivity contribution < 1.29 is 13.2 Å². The molecular weight excluding hydrogens is 313 g/mol. The summed E-state index contributed by atoms with van der Waals surface area (Å²) in [6.07, 6.45) is -4.31. The number of hydrogen-bond donors (Lipinski definition) is 0. The van der Waals surface area contributed by atoms with Gasteiger partial charge in [-0.1, -0.05) is 31.9 Å². The zero-order valence-corrected chi connectivity index (χ0v) is 9.72. The summed E-state index contributed by atoms with van der Waals surface area (Å²) >= 11 is 5.93. The number of alkyl halides is 3. The van der Waals surface area contributed by atoms with Crippen molar-refractivity contribution in [3.05, 3.63) is 32.2 Å². The number of benzene rings is 1. The zero-order chi connectivity index (χ0) is 10.2. The van der Waals surface area contributed by atoms with Gasteiger partial charge in [0.25, 0.3) is 0 Å². The molecule has 0 saturated carbocycles. The summed E-state index contributed by atoms with van der Waals surface area (Å²) < 4.78 is 37.8. The third-order valence-corrected chi connectivity index (χ3v) is 3.15. The van der Waals surface area contributed by atoms with E-state index >= 15 is 0 Å². The Morgan fingerprint density at radius 2 is 1.54 bits per heavy atom. The molecular formula is C8H5Br2F3. The lowest BCUT2D eigenvalue weighted by molar-refractivity contribution is -0.138. The molecule has 1 aromatic carbocycles. The fraction of sp³-hybridized carbons (Fsp3) is 0.250. The van der Waals surface area contributed by atoms with Crippen molar-refractivity contribution in [1.29, 1.82) is 0 Å². The van der Waals surface area contributed by atoms with Crippen LogP contribution in [0.25, 0.3) is 0 Å².